The summed E-state index contributed by atoms with van der Waals surface area (Å²) in [5, 5.41) is 11.6. The van der Waals surface area contributed by atoms with Crippen LogP contribution in [-0.4, -0.2) is 36.9 Å². The third-order valence-corrected chi connectivity index (χ3v) is 6.04. The molecule has 0 aliphatic heterocycles. The number of aromatic amines is 2. The molecule has 3 N–H and O–H groups in total. The number of hydrogen-bond acceptors (Lipinski definition) is 4. The Kier molecular flexibility index (Phi) is 4.89. The molecule has 0 spiro atoms. The van der Waals surface area contributed by atoms with Crippen molar-refractivity contribution in [1.29, 1.82) is 0 Å². The average Bonchev–Trinajstić information content (AvgIpc) is 3.51. The molecule has 0 unspecified atom stereocenters. The summed E-state index contributed by atoms with van der Waals surface area (Å²) in [5.74, 6) is 0.0990. The second kappa shape index (κ2) is 7.86. The number of H-pyrrole nitrogens is 2. The highest BCUT2D eigenvalue weighted by Gasteiger charge is 2.29. The van der Waals surface area contributed by atoms with Gasteiger partial charge in [0, 0.05) is 18.0 Å². The number of imidazole rings is 1. The molecule has 2 atom stereocenters. The van der Waals surface area contributed by atoms with Crippen LogP contribution < -0.4 is 11.0 Å². The normalized spacial score (nSPS) is 18.5. The first-order chi connectivity index (χ1) is 15.1. The fourth-order valence-electron chi connectivity index (χ4n) is 4.41. The second-order valence-electron chi connectivity index (χ2n) is 8.07. The first-order valence-electron chi connectivity index (χ1n) is 10.6. The molecule has 1 aliphatic rings. The standard InChI is InChI=1S/C23H24N6O2/c1-2-22(30)25-17-8-9-18(12-17)29-21(13-24-28-29)15-5-3-14(4-6-15)16-7-10-19-20(11-16)27-23(31)26-19/h3-7,10-11,13,17-18H,2,8-9,12H2,1H3,(H,25,30)(H2,26,27,31)/t17-,18+/m0/s1. The molecule has 1 fully saturated rings. The lowest BCUT2D eigenvalue weighted by molar-refractivity contribution is -0.121. The van der Waals surface area contributed by atoms with E-state index in [-0.39, 0.29) is 23.7 Å². The van der Waals surface area contributed by atoms with Gasteiger partial charge < -0.3 is 15.3 Å². The maximum atomic E-state index is 11.7. The Bertz CT molecular complexity index is 1280. The van der Waals surface area contributed by atoms with Gasteiger partial charge in [0.25, 0.3) is 0 Å². The van der Waals surface area contributed by atoms with E-state index in [0.717, 1.165) is 52.7 Å². The van der Waals surface area contributed by atoms with Crippen molar-refractivity contribution in [1.82, 2.24) is 30.3 Å². The van der Waals surface area contributed by atoms with Gasteiger partial charge in [0.1, 0.15) is 0 Å². The van der Waals surface area contributed by atoms with Gasteiger partial charge in [-0.15, -0.1) is 5.10 Å². The van der Waals surface area contributed by atoms with Crippen LogP contribution in [-0.2, 0) is 4.79 Å². The van der Waals surface area contributed by atoms with Crippen molar-refractivity contribution in [3.05, 3.63) is 59.1 Å². The highest BCUT2D eigenvalue weighted by atomic mass is 16.1. The lowest BCUT2D eigenvalue weighted by Gasteiger charge is -2.15. The summed E-state index contributed by atoms with van der Waals surface area (Å²) in [4.78, 5) is 28.8. The van der Waals surface area contributed by atoms with E-state index in [2.05, 4.69) is 49.9 Å². The van der Waals surface area contributed by atoms with Gasteiger partial charge in [0.05, 0.1) is 29.0 Å². The van der Waals surface area contributed by atoms with Crippen molar-refractivity contribution in [2.75, 3.05) is 0 Å². The van der Waals surface area contributed by atoms with Crippen LogP contribution in [0.3, 0.4) is 0 Å². The van der Waals surface area contributed by atoms with E-state index < -0.39 is 0 Å². The number of fused-ring (bicyclic) bond motifs is 1. The monoisotopic (exact) mass is 416 g/mol. The minimum Gasteiger partial charge on any atom is -0.353 e. The molecule has 2 aromatic heterocycles. The van der Waals surface area contributed by atoms with Gasteiger partial charge >= 0.3 is 5.69 Å². The average molecular weight is 416 g/mol. The third-order valence-electron chi connectivity index (χ3n) is 6.04. The van der Waals surface area contributed by atoms with E-state index in [1.54, 1.807) is 6.20 Å². The summed E-state index contributed by atoms with van der Waals surface area (Å²) in [6.07, 6.45) is 5.10. The van der Waals surface area contributed by atoms with E-state index >= 15 is 0 Å². The van der Waals surface area contributed by atoms with Crippen molar-refractivity contribution in [2.45, 2.75) is 44.7 Å². The Balaban J connectivity index is 1.36. The quantitative estimate of drug-likeness (QED) is 0.463. The maximum Gasteiger partial charge on any atom is 0.323 e. The topological polar surface area (TPSA) is 108 Å². The molecule has 2 aromatic carbocycles. The van der Waals surface area contributed by atoms with Gasteiger partial charge in [-0.1, -0.05) is 42.5 Å². The minimum atomic E-state index is -0.202. The molecule has 158 valence electrons. The van der Waals surface area contributed by atoms with Gasteiger partial charge in [-0.25, -0.2) is 9.48 Å². The maximum absolute atomic E-state index is 11.7. The summed E-state index contributed by atoms with van der Waals surface area (Å²) in [6.45, 7) is 1.87. The zero-order valence-electron chi connectivity index (χ0n) is 17.3. The fourth-order valence-corrected chi connectivity index (χ4v) is 4.41. The molecule has 1 saturated carbocycles. The van der Waals surface area contributed by atoms with Crippen LogP contribution in [0.2, 0.25) is 0 Å². The lowest BCUT2D eigenvalue weighted by Crippen LogP contribution is -2.32. The van der Waals surface area contributed by atoms with E-state index in [1.807, 2.05) is 29.8 Å². The number of carbonyl (C=O) groups is 1. The van der Waals surface area contributed by atoms with Crippen molar-refractivity contribution < 1.29 is 4.79 Å². The summed E-state index contributed by atoms with van der Waals surface area (Å²) in [5.41, 5.74) is 5.51. The number of nitrogens with one attached hydrogen (secondary N) is 3. The smallest absolute Gasteiger partial charge is 0.323 e. The van der Waals surface area contributed by atoms with E-state index in [4.69, 9.17) is 0 Å². The predicted molar refractivity (Wildman–Crippen MR) is 118 cm³/mol. The first-order valence-corrected chi connectivity index (χ1v) is 10.6. The molecule has 8 nitrogen and oxygen atoms in total. The van der Waals surface area contributed by atoms with Crippen molar-refractivity contribution >= 4 is 16.9 Å². The van der Waals surface area contributed by atoms with E-state index in [9.17, 15) is 9.59 Å². The van der Waals surface area contributed by atoms with Gasteiger partial charge in [-0.2, -0.15) is 0 Å². The summed E-state index contributed by atoms with van der Waals surface area (Å²) < 4.78 is 1.99. The Morgan fingerprint density at radius 3 is 2.61 bits per heavy atom. The van der Waals surface area contributed by atoms with E-state index in [0.29, 0.717) is 6.42 Å². The van der Waals surface area contributed by atoms with Gasteiger partial charge in [-0.05, 0) is 42.5 Å². The molecule has 0 bridgehead atoms. The van der Waals surface area contributed by atoms with Crippen molar-refractivity contribution in [3.8, 4) is 22.4 Å². The Morgan fingerprint density at radius 2 is 1.81 bits per heavy atom. The zero-order valence-corrected chi connectivity index (χ0v) is 17.3. The van der Waals surface area contributed by atoms with Crippen LogP contribution in [0.25, 0.3) is 33.4 Å². The summed E-state index contributed by atoms with van der Waals surface area (Å²) in [6, 6.07) is 14.6. The molecular weight excluding hydrogens is 392 g/mol. The van der Waals surface area contributed by atoms with Gasteiger partial charge in [0.15, 0.2) is 0 Å². The first kappa shape index (κ1) is 19.3. The molecule has 5 rings (SSSR count). The van der Waals surface area contributed by atoms with Crippen molar-refractivity contribution in [2.24, 2.45) is 0 Å². The predicted octanol–water partition coefficient (Wildman–Crippen LogP) is 3.40. The summed E-state index contributed by atoms with van der Waals surface area (Å²) in [7, 11) is 0. The van der Waals surface area contributed by atoms with Crippen LogP contribution in [0.4, 0.5) is 0 Å². The third kappa shape index (κ3) is 3.76. The molecule has 1 amide bonds. The molecule has 4 aromatic rings. The molecule has 0 radical (unpaired) electrons. The number of hydrogen-bond donors (Lipinski definition) is 3. The highest BCUT2D eigenvalue weighted by Crippen LogP contribution is 2.33. The second-order valence-corrected chi connectivity index (χ2v) is 8.07. The van der Waals surface area contributed by atoms with E-state index in [1.165, 1.54) is 0 Å². The number of rotatable bonds is 5. The molecule has 1 aliphatic carbocycles. The van der Waals surface area contributed by atoms with Gasteiger partial charge in [0.2, 0.25) is 5.91 Å². The number of aromatic nitrogens is 5. The molecule has 2 heterocycles. The summed E-state index contributed by atoms with van der Waals surface area (Å²) >= 11 is 0. The fraction of sp³-hybridized carbons (Fsp3) is 0.304. The highest BCUT2D eigenvalue weighted by molar-refractivity contribution is 5.82. The number of benzene rings is 2. The molecule has 0 saturated heterocycles. The van der Waals surface area contributed by atoms with Crippen LogP contribution >= 0.6 is 0 Å². The largest absolute Gasteiger partial charge is 0.353 e. The number of nitrogens with zero attached hydrogens (tertiary/aromatic N) is 3. The van der Waals surface area contributed by atoms with Gasteiger partial charge in [-0.3, -0.25) is 4.79 Å². The molecule has 31 heavy (non-hydrogen) atoms. The Labute approximate surface area is 178 Å². The van der Waals surface area contributed by atoms with Crippen LogP contribution in [0.1, 0.15) is 38.6 Å². The lowest BCUT2D eigenvalue weighted by atomic mass is 10.0. The minimum absolute atomic E-state index is 0.0990. The Morgan fingerprint density at radius 1 is 1.06 bits per heavy atom. The van der Waals surface area contributed by atoms with Crippen LogP contribution in [0.15, 0.2) is 53.5 Å². The van der Waals surface area contributed by atoms with Crippen molar-refractivity contribution in [3.63, 3.8) is 0 Å². The number of amides is 1. The Hall–Kier alpha value is -3.68. The van der Waals surface area contributed by atoms with Crippen LogP contribution in [0, 0.1) is 0 Å². The molecule has 8 heteroatoms. The zero-order chi connectivity index (χ0) is 21.4. The molecular formula is C23H24N6O2. The SMILES string of the molecule is CCC(=O)N[C@H]1CC[C@@H](n2nncc2-c2ccc(-c3ccc4[nH]c(=O)[nH]c4c3)cc2)C1. The number of carbonyl (C=O) groups excluding carboxylic acids is 1. The van der Waals surface area contributed by atoms with Crippen LogP contribution in [0.5, 0.6) is 0 Å².